The first kappa shape index (κ1) is 11.5. The summed E-state index contributed by atoms with van der Waals surface area (Å²) in [4.78, 5) is 6.36. The van der Waals surface area contributed by atoms with Gasteiger partial charge in [-0.25, -0.2) is 0 Å². The summed E-state index contributed by atoms with van der Waals surface area (Å²) in [5.74, 6) is 0. The summed E-state index contributed by atoms with van der Waals surface area (Å²) in [5, 5.41) is 13.0. The van der Waals surface area contributed by atoms with E-state index in [1.165, 1.54) is 0 Å². The Morgan fingerprint density at radius 1 is 1.38 bits per heavy atom. The minimum absolute atomic E-state index is 0.136. The lowest BCUT2D eigenvalue weighted by molar-refractivity contribution is 0.0311. The topological polar surface area (TPSA) is 48.4 Å². The molecule has 4 heteroatoms. The molecule has 1 aromatic heterocycles. The quantitative estimate of drug-likeness (QED) is 0.765. The fourth-order valence-corrected chi connectivity index (χ4v) is 2.24. The van der Waals surface area contributed by atoms with Gasteiger partial charge in [0.1, 0.15) is 0 Å². The van der Waals surface area contributed by atoms with Gasteiger partial charge in [0, 0.05) is 38.6 Å². The van der Waals surface area contributed by atoms with E-state index in [1.54, 1.807) is 12.4 Å². The lowest BCUT2D eigenvalue weighted by atomic mass is 9.91. The summed E-state index contributed by atoms with van der Waals surface area (Å²) in [5.41, 5.74) is 0.845. The second-order valence-electron chi connectivity index (χ2n) is 4.40. The first-order chi connectivity index (χ1) is 7.77. The summed E-state index contributed by atoms with van der Waals surface area (Å²) in [6, 6.07) is 3.97. The van der Waals surface area contributed by atoms with Gasteiger partial charge in [-0.1, -0.05) is 0 Å². The Bertz CT molecular complexity index is 324. The lowest BCUT2D eigenvalue weighted by Gasteiger charge is -2.42. The van der Waals surface area contributed by atoms with Crippen LogP contribution in [0.3, 0.4) is 0 Å². The molecule has 0 aromatic carbocycles. The molecule has 88 valence electrons. The van der Waals surface area contributed by atoms with Crippen LogP contribution in [0, 0.1) is 0 Å². The average molecular weight is 221 g/mol. The lowest BCUT2D eigenvalue weighted by Crippen LogP contribution is -2.54. The number of aromatic nitrogens is 1. The van der Waals surface area contributed by atoms with Gasteiger partial charge in [-0.2, -0.15) is 0 Å². The Hall–Kier alpha value is -0.970. The van der Waals surface area contributed by atoms with E-state index in [2.05, 4.69) is 22.1 Å². The summed E-state index contributed by atoms with van der Waals surface area (Å²) < 4.78 is 0. The monoisotopic (exact) mass is 221 g/mol. The zero-order valence-electron chi connectivity index (χ0n) is 9.69. The van der Waals surface area contributed by atoms with Crippen LogP contribution >= 0.6 is 0 Å². The number of pyridine rings is 1. The van der Waals surface area contributed by atoms with Gasteiger partial charge >= 0.3 is 0 Å². The standard InChI is InChI=1S/C12H19N3O/c1-12(10-16,11-2-4-13-5-3-11)15-8-6-14-7-9-15/h2-5,14,16H,6-10H2,1H3. The van der Waals surface area contributed by atoms with Crippen LogP contribution in [-0.4, -0.2) is 47.8 Å². The third-order valence-electron chi connectivity index (χ3n) is 3.43. The molecule has 0 bridgehead atoms. The Labute approximate surface area is 96.3 Å². The van der Waals surface area contributed by atoms with E-state index >= 15 is 0 Å². The van der Waals surface area contributed by atoms with Crippen LogP contribution in [0.1, 0.15) is 12.5 Å². The number of nitrogens with zero attached hydrogens (tertiary/aromatic N) is 2. The highest BCUT2D eigenvalue weighted by atomic mass is 16.3. The highest BCUT2D eigenvalue weighted by Gasteiger charge is 2.33. The molecule has 1 unspecified atom stereocenters. The Morgan fingerprint density at radius 3 is 2.56 bits per heavy atom. The minimum atomic E-state index is -0.287. The fourth-order valence-electron chi connectivity index (χ4n) is 2.24. The smallest absolute Gasteiger partial charge is 0.0667 e. The molecule has 1 atom stereocenters. The van der Waals surface area contributed by atoms with Gasteiger partial charge in [-0.15, -0.1) is 0 Å². The number of hydrogen-bond acceptors (Lipinski definition) is 4. The van der Waals surface area contributed by atoms with Crippen molar-refractivity contribution < 1.29 is 5.11 Å². The first-order valence-corrected chi connectivity index (χ1v) is 5.74. The molecule has 0 spiro atoms. The molecule has 1 aliphatic rings. The second-order valence-corrected chi connectivity index (χ2v) is 4.40. The summed E-state index contributed by atoms with van der Waals surface area (Å²) in [7, 11) is 0. The van der Waals surface area contributed by atoms with E-state index in [1.807, 2.05) is 12.1 Å². The first-order valence-electron chi connectivity index (χ1n) is 5.74. The molecule has 2 rings (SSSR count). The number of aliphatic hydroxyl groups is 1. The van der Waals surface area contributed by atoms with E-state index in [0.29, 0.717) is 0 Å². The SMILES string of the molecule is CC(CO)(c1ccncc1)N1CCNCC1. The van der Waals surface area contributed by atoms with Crippen LogP contribution in [0.5, 0.6) is 0 Å². The van der Waals surface area contributed by atoms with Crippen molar-refractivity contribution >= 4 is 0 Å². The van der Waals surface area contributed by atoms with E-state index in [4.69, 9.17) is 0 Å². The molecule has 2 heterocycles. The van der Waals surface area contributed by atoms with Crippen molar-refractivity contribution in [3.63, 3.8) is 0 Å². The number of aliphatic hydroxyl groups excluding tert-OH is 1. The van der Waals surface area contributed by atoms with Crippen LogP contribution in [0.15, 0.2) is 24.5 Å². The van der Waals surface area contributed by atoms with Crippen molar-refractivity contribution in [2.45, 2.75) is 12.5 Å². The predicted octanol–water partition coefficient (Wildman–Crippen LogP) is 0.194. The predicted molar refractivity (Wildman–Crippen MR) is 63.1 cm³/mol. The zero-order chi connectivity index (χ0) is 11.4. The van der Waals surface area contributed by atoms with E-state index < -0.39 is 0 Å². The van der Waals surface area contributed by atoms with Crippen molar-refractivity contribution in [1.29, 1.82) is 0 Å². The summed E-state index contributed by atoms with van der Waals surface area (Å²) in [6.45, 7) is 6.14. The minimum Gasteiger partial charge on any atom is -0.394 e. The molecule has 0 saturated carbocycles. The molecule has 0 radical (unpaired) electrons. The van der Waals surface area contributed by atoms with Gasteiger partial charge in [0.05, 0.1) is 12.1 Å². The zero-order valence-corrected chi connectivity index (χ0v) is 9.69. The molecule has 0 amide bonds. The molecule has 1 aliphatic heterocycles. The van der Waals surface area contributed by atoms with Crippen LogP contribution in [-0.2, 0) is 5.54 Å². The normalized spacial score (nSPS) is 21.6. The number of hydrogen-bond donors (Lipinski definition) is 2. The van der Waals surface area contributed by atoms with Crippen molar-refractivity contribution in [1.82, 2.24) is 15.2 Å². The van der Waals surface area contributed by atoms with Crippen molar-refractivity contribution in [3.8, 4) is 0 Å². The number of nitrogens with one attached hydrogen (secondary N) is 1. The maximum absolute atomic E-state index is 9.71. The molecular formula is C12H19N3O. The largest absolute Gasteiger partial charge is 0.394 e. The number of piperazine rings is 1. The van der Waals surface area contributed by atoms with E-state index in [0.717, 1.165) is 31.7 Å². The highest BCUT2D eigenvalue weighted by Crippen LogP contribution is 2.27. The van der Waals surface area contributed by atoms with Gasteiger partial charge < -0.3 is 10.4 Å². The Morgan fingerprint density at radius 2 is 2.00 bits per heavy atom. The Kier molecular flexibility index (Phi) is 3.53. The van der Waals surface area contributed by atoms with Gasteiger partial charge in [-0.05, 0) is 24.6 Å². The van der Waals surface area contributed by atoms with E-state index in [9.17, 15) is 5.11 Å². The molecule has 1 aromatic rings. The molecular weight excluding hydrogens is 202 g/mol. The number of rotatable bonds is 3. The molecule has 4 nitrogen and oxygen atoms in total. The molecule has 1 saturated heterocycles. The molecule has 2 N–H and O–H groups in total. The second kappa shape index (κ2) is 4.91. The van der Waals surface area contributed by atoms with Gasteiger partial charge in [0.15, 0.2) is 0 Å². The molecule has 16 heavy (non-hydrogen) atoms. The third-order valence-corrected chi connectivity index (χ3v) is 3.43. The fraction of sp³-hybridized carbons (Fsp3) is 0.583. The van der Waals surface area contributed by atoms with E-state index in [-0.39, 0.29) is 12.1 Å². The maximum Gasteiger partial charge on any atom is 0.0667 e. The van der Waals surface area contributed by atoms with Crippen LogP contribution in [0.2, 0.25) is 0 Å². The third kappa shape index (κ3) is 2.09. The van der Waals surface area contributed by atoms with Gasteiger partial charge in [-0.3, -0.25) is 9.88 Å². The van der Waals surface area contributed by atoms with Crippen molar-refractivity contribution in [3.05, 3.63) is 30.1 Å². The Balaban J connectivity index is 2.24. The van der Waals surface area contributed by atoms with Crippen molar-refractivity contribution in [2.75, 3.05) is 32.8 Å². The van der Waals surface area contributed by atoms with Crippen molar-refractivity contribution in [2.24, 2.45) is 0 Å². The average Bonchev–Trinajstić information content (AvgIpc) is 2.40. The summed E-state index contributed by atoms with van der Waals surface area (Å²) >= 11 is 0. The molecule has 1 fully saturated rings. The van der Waals surface area contributed by atoms with Crippen LogP contribution in [0.25, 0.3) is 0 Å². The highest BCUT2D eigenvalue weighted by molar-refractivity contribution is 5.21. The van der Waals surface area contributed by atoms with Gasteiger partial charge in [0.25, 0.3) is 0 Å². The van der Waals surface area contributed by atoms with Crippen LogP contribution < -0.4 is 5.32 Å². The van der Waals surface area contributed by atoms with Crippen LogP contribution in [0.4, 0.5) is 0 Å². The molecule has 0 aliphatic carbocycles. The van der Waals surface area contributed by atoms with Gasteiger partial charge in [0.2, 0.25) is 0 Å². The summed E-state index contributed by atoms with van der Waals surface area (Å²) in [6.07, 6.45) is 3.57. The maximum atomic E-state index is 9.71.